The van der Waals surface area contributed by atoms with Crippen LogP contribution in [0.15, 0.2) is 54.6 Å². The van der Waals surface area contributed by atoms with Gasteiger partial charge in [-0.05, 0) is 0 Å². The van der Waals surface area contributed by atoms with Crippen LogP contribution >= 0.6 is 0 Å². The third-order valence-corrected chi connectivity index (χ3v) is 5.01. The molecular formula is C23H18N4O8. The summed E-state index contributed by atoms with van der Waals surface area (Å²) >= 11 is 0. The molecule has 0 aliphatic carbocycles. The van der Waals surface area contributed by atoms with Crippen LogP contribution in [0.5, 0.6) is 28.9 Å². The van der Waals surface area contributed by atoms with Crippen LogP contribution in [0.3, 0.4) is 0 Å². The van der Waals surface area contributed by atoms with E-state index >= 15 is 0 Å². The number of rotatable bonds is 8. The number of fused-ring (bicyclic) bond motifs is 1. The van der Waals surface area contributed by atoms with Gasteiger partial charge in [-0.15, -0.1) is 0 Å². The van der Waals surface area contributed by atoms with Gasteiger partial charge in [-0.1, -0.05) is 30.3 Å². The molecule has 12 nitrogen and oxygen atoms in total. The third kappa shape index (κ3) is 4.44. The number of hydrogen-bond donors (Lipinski definition) is 0. The maximum Gasteiger partial charge on any atom is 0.303 e. The van der Waals surface area contributed by atoms with Crippen LogP contribution in [-0.4, -0.2) is 41.1 Å². The minimum atomic E-state index is -0.738. The average Bonchev–Trinajstić information content (AvgIpc) is 2.87. The van der Waals surface area contributed by atoms with E-state index in [4.69, 9.17) is 18.9 Å². The highest BCUT2D eigenvalue weighted by Gasteiger charge is 2.25. The summed E-state index contributed by atoms with van der Waals surface area (Å²) in [4.78, 5) is 30.4. The summed E-state index contributed by atoms with van der Waals surface area (Å²) in [6.45, 7) is 0. The smallest absolute Gasteiger partial charge is 0.303 e. The van der Waals surface area contributed by atoms with Gasteiger partial charge in [0.2, 0.25) is 11.6 Å². The second kappa shape index (κ2) is 9.47. The summed E-state index contributed by atoms with van der Waals surface area (Å²) in [5.41, 5.74) is -0.464. The number of benzene rings is 3. The van der Waals surface area contributed by atoms with Crippen LogP contribution < -0.4 is 18.9 Å². The molecule has 12 heteroatoms. The Labute approximate surface area is 198 Å². The Morgan fingerprint density at radius 3 is 2.00 bits per heavy atom. The summed E-state index contributed by atoms with van der Waals surface area (Å²) in [6.07, 6.45) is 0. The topological polar surface area (TPSA) is 149 Å². The van der Waals surface area contributed by atoms with Crippen LogP contribution in [0.2, 0.25) is 0 Å². The fourth-order valence-electron chi connectivity index (χ4n) is 3.44. The largest absolute Gasteiger partial charge is 0.493 e. The molecule has 0 aliphatic rings. The molecule has 178 valence electrons. The Morgan fingerprint density at radius 2 is 1.46 bits per heavy atom. The van der Waals surface area contributed by atoms with Crippen molar-refractivity contribution in [2.24, 2.45) is 0 Å². The summed E-state index contributed by atoms with van der Waals surface area (Å²) in [6, 6.07) is 13.8. The van der Waals surface area contributed by atoms with Crippen molar-refractivity contribution in [2.45, 2.75) is 0 Å². The van der Waals surface area contributed by atoms with E-state index in [1.165, 1.54) is 33.5 Å². The highest BCUT2D eigenvalue weighted by atomic mass is 16.6. The number of aromatic nitrogens is 2. The first-order valence-electron chi connectivity index (χ1n) is 10.0. The van der Waals surface area contributed by atoms with Crippen molar-refractivity contribution in [1.82, 2.24) is 9.97 Å². The quantitative estimate of drug-likeness (QED) is 0.252. The SMILES string of the molecule is COc1cc(Oc2nc3cc([N+](=O)[O-])cc([N+](=O)[O-])c3nc2-c2ccccc2)cc(OC)c1OC. The predicted octanol–water partition coefficient (Wildman–Crippen LogP) is 4.93. The maximum absolute atomic E-state index is 11.7. The zero-order valence-electron chi connectivity index (χ0n) is 18.8. The lowest BCUT2D eigenvalue weighted by atomic mass is 10.1. The molecular weight excluding hydrogens is 460 g/mol. The van der Waals surface area contributed by atoms with Gasteiger partial charge >= 0.3 is 5.69 Å². The van der Waals surface area contributed by atoms with Crippen LogP contribution in [0, 0.1) is 20.2 Å². The second-order valence-corrected chi connectivity index (χ2v) is 7.05. The van der Waals surface area contributed by atoms with Crippen molar-refractivity contribution < 1.29 is 28.8 Å². The van der Waals surface area contributed by atoms with E-state index < -0.39 is 21.2 Å². The molecule has 0 radical (unpaired) electrons. The summed E-state index contributed by atoms with van der Waals surface area (Å²) in [7, 11) is 4.36. The second-order valence-electron chi connectivity index (χ2n) is 7.05. The van der Waals surface area contributed by atoms with Crippen molar-refractivity contribution in [1.29, 1.82) is 0 Å². The van der Waals surface area contributed by atoms with Gasteiger partial charge in [0.15, 0.2) is 17.0 Å². The van der Waals surface area contributed by atoms with Gasteiger partial charge in [0.1, 0.15) is 17.0 Å². The van der Waals surface area contributed by atoms with E-state index in [0.717, 1.165) is 12.1 Å². The van der Waals surface area contributed by atoms with Gasteiger partial charge in [-0.3, -0.25) is 20.2 Å². The lowest BCUT2D eigenvalue weighted by Gasteiger charge is -2.15. The maximum atomic E-state index is 11.7. The third-order valence-electron chi connectivity index (χ3n) is 5.01. The standard InChI is InChI=1S/C23H18N4O8/c1-32-18-11-15(12-19(33-2)22(18)34-3)35-23-20(13-7-5-4-6-8-13)25-21-16(24-23)9-14(26(28)29)10-17(21)27(30)31/h4-12H,1-3H3. The van der Waals surface area contributed by atoms with Gasteiger partial charge in [-0.25, -0.2) is 9.97 Å². The zero-order valence-corrected chi connectivity index (χ0v) is 18.8. The van der Waals surface area contributed by atoms with Crippen LogP contribution in [0.4, 0.5) is 11.4 Å². The summed E-state index contributed by atoms with van der Waals surface area (Å²) in [5.74, 6) is 1.20. The molecule has 0 saturated heterocycles. The number of non-ortho nitro benzene ring substituents is 2. The Bertz CT molecular complexity index is 1420. The van der Waals surface area contributed by atoms with Gasteiger partial charge in [-0.2, -0.15) is 0 Å². The van der Waals surface area contributed by atoms with Crippen molar-refractivity contribution >= 4 is 22.4 Å². The molecule has 35 heavy (non-hydrogen) atoms. The normalized spacial score (nSPS) is 10.6. The van der Waals surface area contributed by atoms with E-state index in [1.807, 2.05) is 0 Å². The molecule has 3 aromatic carbocycles. The van der Waals surface area contributed by atoms with Crippen molar-refractivity contribution in [3.63, 3.8) is 0 Å². The van der Waals surface area contributed by atoms with Crippen LogP contribution in [0.25, 0.3) is 22.3 Å². The lowest BCUT2D eigenvalue weighted by molar-refractivity contribution is -0.393. The van der Waals surface area contributed by atoms with Crippen molar-refractivity contribution in [3.05, 3.63) is 74.8 Å². The Hall–Kier alpha value is -5.00. The molecule has 0 amide bonds. The van der Waals surface area contributed by atoms with E-state index in [-0.39, 0.29) is 28.4 Å². The number of ether oxygens (including phenoxy) is 4. The van der Waals surface area contributed by atoms with E-state index in [9.17, 15) is 20.2 Å². The van der Waals surface area contributed by atoms with Gasteiger partial charge in [0, 0.05) is 23.8 Å². The minimum Gasteiger partial charge on any atom is -0.493 e. The molecule has 0 bridgehead atoms. The minimum absolute atomic E-state index is 0.0345. The number of nitro groups is 2. The monoisotopic (exact) mass is 478 g/mol. The molecule has 0 saturated carbocycles. The van der Waals surface area contributed by atoms with Gasteiger partial charge < -0.3 is 18.9 Å². The first-order valence-corrected chi connectivity index (χ1v) is 10.0. The molecule has 0 unspecified atom stereocenters. The highest BCUT2D eigenvalue weighted by Crippen LogP contribution is 2.43. The van der Waals surface area contributed by atoms with E-state index in [0.29, 0.717) is 22.8 Å². The molecule has 1 aromatic heterocycles. The zero-order chi connectivity index (χ0) is 25.1. The Morgan fingerprint density at radius 1 is 0.800 bits per heavy atom. The molecule has 0 N–H and O–H groups in total. The lowest BCUT2D eigenvalue weighted by Crippen LogP contribution is -2.01. The van der Waals surface area contributed by atoms with Gasteiger partial charge in [0.25, 0.3) is 5.69 Å². The first-order chi connectivity index (χ1) is 16.9. The molecule has 0 fully saturated rings. The molecule has 4 aromatic rings. The molecule has 0 spiro atoms. The van der Waals surface area contributed by atoms with Crippen molar-refractivity contribution in [2.75, 3.05) is 21.3 Å². The first kappa shape index (κ1) is 23.2. The molecule has 0 aliphatic heterocycles. The van der Waals surface area contributed by atoms with E-state index in [2.05, 4.69) is 9.97 Å². The molecule has 0 atom stereocenters. The summed E-state index contributed by atoms with van der Waals surface area (Å²) < 4.78 is 22.1. The number of methoxy groups -OCH3 is 3. The van der Waals surface area contributed by atoms with Crippen LogP contribution in [0.1, 0.15) is 0 Å². The van der Waals surface area contributed by atoms with Crippen LogP contribution in [-0.2, 0) is 0 Å². The fourth-order valence-corrected chi connectivity index (χ4v) is 3.44. The van der Waals surface area contributed by atoms with Gasteiger partial charge in [0.05, 0.1) is 37.2 Å². The summed E-state index contributed by atoms with van der Waals surface area (Å²) in [5, 5.41) is 23.0. The van der Waals surface area contributed by atoms with Crippen molar-refractivity contribution in [3.8, 4) is 40.1 Å². The predicted molar refractivity (Wildman–Crippen MR) is 124 cm³/mol. The fraction of sp³-hybridized carbons (Fsp3) is 0.130. The Kier molecular flexibility index (Phi) is 6.27. The molecule has 4 rings (SSSR count). The number of nitro benzene ring substituents is 2. The number of hydrogen-bond acceptors (Lipinski definition) is 10. The molecule has 1 heterocycles. The Balaban J connectivity index is 1.97. The van der Waals surface area contributed by atoms with E-state index in [1.54, 1.807) is 30.3 Å². The highest BCUT2D eigenvalue weighted by molar-refractivity contribution is 5.89. The number of nitrogens with zero attached hydrogens (tertiary/aromatic N) is 4. The average molecular weight is 478 g/mol.